The highest BCUT2D eigenvalue weighted by molar-refractivity contribution is 8.27. The van der Waals surface area contributed by atoms with Crippen LogP contribution in [0.5, 0.6) is 0 Å². The topological polar surface area (TPSA) is 68.4 Å². The third kappa shape index (κ3) is 3.72. The third-order valence-electron chi connectivity index (χ3n) is 4.45. The molecule has 2 heterocycles. The van der Waals surface area contributed by atoms with E-state index >= 15 is 0 Å². The van der Waals surface area contributed by atoms with Crippen LogP contribution in [0.2, 0.25) is 0 Å². The Labute approximate surface area is 176 Å². The van der Waals surface area contributed by atoms with Gasteiger partial charge in [-0.3, -0.25) is 19.8 Å². The van der Waals surface area contributed by atoms with Crippen molar-refractivity contribution in [3.8, 4) is 5.69 Å². The van der Waals surface area contributed by atoms with E-state index in [0.717, 1.165) is 22.6 Å². The molecular weight excluding hydrogens is 406 g/mol. The minimum absolute atomic E-state index is 0.0292. The first-order valence-electron chi connectivity index (χ1n) is 8.71. The van der Waals surface area contributed by atoms with Gasteiger partial charge >= 0.3 is 0 Å². The monoisotopic (exact) mass is 421 g/mol. The molecular formula is C21H15N3O3S2. The van der Waals surface area contributed by atoms with Crippen molar-refractivity contribution in [3.63, 3.8) is 0 Å². The molecule has 1 fully saturated rings. The fraction of sp³-hybridized carbons (Fsp3) is 0.0476. The van der Waals surface area contributed by atoms with Crippen molar-refractivity contribution in [1.29, 1.82) is 0 Å². The number of nitro benzene ring substituents is 1. The number of aryl methyl sites for hydroxylation is 1. The van der Waals surface area contributed by atoms with Gasteiger partial charge in [-0.05, 0) is 55.0 Å². The SMILES string of the molecule is Cc1cccc(N2C(=O)/C(=C\c3cccn3-c3ccc([N+](=O)[O-])cc3)SC2=S)c1. The summed E-state index contributed by atoms with van der Waals surface area (Å²) in [5.41, 5.74) is 3.38. The summed E-state index contributed by atoms with van der Waals surface area (Å²) in [7, 11) is 0. The van der Waals surface area contributed by atoms with Crippen LogP contribution in [0.1, 0.15) is 11.3 Å². The van der Waals surface area contributed by atoms with Gasteiger partial charge in [0.2, 0.25) is 0 Å². The molecule has 6 nitrogen and oxygen atoms in total. The van der Waals surface area contributed by atoms with E-state index in [4.69, 9.17) is 12.2 Å². The van der Waals surface area contributed by atoms with Crippen LogP contribution >= 0.6 is 24.0 Å². The number of thioether (sulfide) groups is 1. The zero-order chi connectivity index (χ0) is 20.5. The van der Waals surface area contributed by atoms with E-state index in [9.17, 15) is 14.9 Å². The predicted octanol–water partition coefficient (Wildman–Crippen LogP) is 5.10. The van der Waals surface area contributed by atoms with Crippen molar-refractivity contribution in [3.05, 3.63) is 93.1 Å². The summed E-state index contributed by atoms with van der Waals surface area (Å²) in [6.45, 7) is 1.97. The second kappa shape index (κ2) is 7.65. The molecule has 0 spiro atoms. The number of non-ortho nitro benzene ring substituents is 1. The minimum Gasteiger partial charge on any atom is -0.317 e. The summed E-state index contributed by atoms with van der Waals surface area (Å²) < 4.78 is 2.35. The number of hydrogen-bond donors (Lipinski definition) is 0. The molecule has 4 rings (SSSR count). The number of rotatable bonds is 4. The van der Waals surface area contributed by atoms with E-state index in [-0.39, 0.29) is 11.6 Å². The van der Waals surface area contributed by atoms with Crippen molar-refractivity contribution < 1.29 is 9.72 Å². The van der Waals surface area contributed by atoms with Gasteiger partial charge in [-0.15, -0.1) is 0 Å². The number of benzene rings is 2. The first kappa shape index (κ1) is 19.1. The van der Waals surface area contributed by atoms with Gasteiger partial charge < -0.3 is 4.57 Å². The van der Waals surface area contributed by atoms with E-state index in [1.54, 1.807) is 18.2 Å². The summed E-state index contributed by atoms with van der Waals surface area (Å²) in [4.78, 5) is 25.5. The van der Waals surface area contributed by atoms with Crippen LogP contribution in [0.3, 0.4) is 0 Å². The van der Waals surface area contributed by atoms with Gasteiger partial charge in [-0.2, -0.15) is 0 Å². The van der Waals surface area contributed by atoms with E-state index in [0.29, 0.717) is 9.23 Å². The lowest BCUT2D eigenvalue weighted by Crippen LogP contribution is -2.27. The Morgan fingerprint density at radius 2 is 1.83 bits per heavy atom. The van der Waals surface area contributed by atoms with Crippen LogP contribution in [-0.2, 0) is 4.79 Å². The standard InChI is InChI=1S/C21H15N3O3S2/c1-14-4-2-5-18(12-14)23-20(25)19(29-21(23)28)13-17-6-3-11-22(17)15-7-9-16(10-8-15)24(26)27/h2-13H,1H3/b19-13+. The van der Waals surface area contributed by atoms with Crippen molar-refractivity contribution >= 4 is 51.7 Å². The zero-order valence-corrected chi connectivity index (χ0v) is 16.9. The summed E-state index contributed by atoms with van der Waals surface area (Å²) in [6, 6.07) is 17.6. The zero-order valence-electron chi connectivity index (χ0n) is 15.3. The number of nitro groups is 1. The number of carbonyl (C=O) groups is 1. The van der Waals surface area contributed by atoms with Gasteiger partial charge in [0.1, 0.15) is 0 Å². The fourth-order valence-electron chi connectivity index (χ4n) is 3.07. The normalized spacial score (nSPS) is 15.3. The average molecular weight is 422 g/mol. The molecule has 2 aromatic carbocycles. The summed E-state index contributed by atoms with van der Waals surface area (Å²) in [6.07, 6.45) is 3.63. The molecule has 0 atom stereocenters. The lowest BCUT2D eigenvalue weighted by Gasteiger charge is -2.14. The van der Waals surface area contributed by atoms with E-state index in [2.05, 4.69) is 0 Å². The van der Waals surface area contributed by atoms with E-state index in [1.807, 2.05) is 54.1 Å². The Morgan fingerprint density at radius 1 is 1.07 bits per heavy atom. The maximum atomic E-state index is 13.0. The fourth-order valence-corrected chi connectivity index (χ4v) is 4.36. The lowest BCUT2D eigenvalue weighted by molar-refractivity contribution is -0.384. The number of carbonyl (C=O) groups excluding carboxylic acids is 1. The van der Waals surface area contributed by atoms with Crippen LogP contribution in [0.15, 0.2) is 71.8 Å². The molecule has 1 saturated heterocycles. The van der Waals surface area contributed by atoms with Gasteiger partial charge in [0.05, 0.1) is 15.5 Å². The van der Waals surface area contributed by atoms with Gasteiger partial charge in [-0.1, -0.05) is 36.1 Å². The van der Waals surface area contributed by atoms with Crippen molar-refractivity contribution in [2.45, 2.75) is 6.92 Å². The number of hydrogen-bond acceptors (Lipinski definition) is 5. The van der Waals surface area contributed by atoms with Crippen molar-refractivity contribution in [1.82, 2.24) is 4.57 Å². The summed E-state index contributed by atoms with van der Waals surface area (Å²) in [5, 5.41) is 10.9. The maximum Gasteiger partial charge on any atom is 0.270 e. The number of amides is 1. The molecule has 0 bridgehead atoms. The van der Waals surface area contributed by atoms with E-state index < -0.39 is 4.92 Å². The second-order valence-electron chi connectivity index (χ2n) is 6.43. The highest BCUT2D eigenvalue weighted by Gasteiger charge is 2.33. The molecule has 0 unspecified atom stereocenters. The van der Waals surface area contributed by atoms with Crippen LogP contribution < -0.4 is 4.90 Å². The quantitative estimate of drug-likeness (QED) is 0.254. The first-order valence-corrected chi connectivity index (χ1v) is 9.93. The van der Waals surface area contributed by atoms with Crippen molar-refractivity contribution in [2.24, 2.45) is 0 Å². The molecule has 29 heavy (non-hydrogen) atoms. The molecule has 144 valence electrons. The van der Waals surface area contributed by atoms with E-state index in [1.165, 1.54) is 28.8 Å². The molecule has 8 heteroatoms. The average Bonchev–Trinajstić information content (AvgIpc) is 3.26. The van der Waals surface area contributed by atoms with Crippen molar-refractivity contribution in [2.75, 3.05) is 4.90 Å². The molecule has 1 amide bonds. The molecule has 0 aliphatic carbocycles. The Bertz CT molecular complexity index is 1170. The predicted molar refractivity (Wildman–Crippen MR) is 119 cm³/mol. The molecule has 1 aliphatic rings. The first-order chi connectivity index (χ1) is 13.9. The Kier molecular flexibility index (Phi) is 5.04. The minimum atomic E-state index is -0.434. The third-order valence-corrected chi connectivity index (χ3v) is 5.75. The lowest BCUT2D eigenvalue weighted by atomic mass is 10.2. The molecule has 1 aliphatic heterocycles. The largest absolute Gasteiger partial charge is 0.317 e. The van der Waals surface area contributed by atoms with Crippen LogP contribution in [0.25, 0.3) is 11.8 Å². The summed E-state index contributed by atoms with van der Waals surface area (Å²) >= 11 is 6.69. The number of nitrogens with zero attached hydrogens (tertiary/aromatic N) is 3. The highest BCUT2D eigenvalue weighted by atomic mass is 32.2. The Hall–Kier alpha value is -3.23. The van der Waals surface area contributed by atoms with Crippen LogP contribution in [0, 0.1) is 17.0 Å². The highest BCUT2D eigenvalue weighted by Crippen LogP contribution is 2.36. The Morgan fingerprint density at radius 3 is 2.52 bits per heavy atom. The molecule has 0 saturated carbocycles. The summed E-state index contributed by atoms with van der Waals surface area (Å²) in [5.74, 6) is -0.165. The van der Waals surface area contributed by atoms with Crippen LogP contribution in [0.4, 0.5) is 11.4 Å². The Balaban J connectivity index is 1.66. The molecule has 0 N–H and O–H groups in total. The molecule has 3 aromatic rings. The maximum absolute atomic E-state index is 13.0. The number of anilines is 1. The molecule has 1 aromatic heterocycles. The van der Waals surface area contributed by atoms with Gasteiger partial charge in [0.25, 0.3) is 11.6 Å². The smallest absolute Gasteiger partial charge is 0.270 e. The van der Waals surface area contributed by atoms with Gasteiger partial charge in [0.15, 0.2) is 4.32 Å². The van der Waals surface area contributed by atoms with Crippen LogP contribution in [-0.4, -0.2) is 19.7 Å². The second-order valence-corrected chi connectivity index (χ2v) is 8.11. The van der Waals surface area contributed by atoms with Gasteiger partial charge in [0, 0.05) is 29.7 Å². The number of thiocarbonyl (C=S) groups is 1. The number of aromatic nitrogens is 1. The molecule has 0 radical (unpaired) electrons. The van der Waals surface area contributed by atoms with Gasteiger partial charge in [-0.25, -0.2) is 0 Å².